The Morgan fingerprint density at radius 3 is 2.52 bits per heavy atom. The number of nitrogens with zero attached hydrogens (tertiary/aromatic N) is 1. The number of aliphatic imine (C=N–C) groups is 1. The lowest BCUT2D eigenvalue weighted by Gasteiger charge is -2.12. The minimum Gasteiger partial charge on any atom is -0.507 e. The number of para-hydroxylation sites is 1. The van der Waals surface area contributed by atoms with Crippen molar-refractivity contribution in [3.8, 4) is 5.75 Å². The normalized spacial score (nSPS) is 12.4. The van der Waals surface area contributed by atoms with E-state index < -0.39 is 12.0 Å². The zero-order chi connectivity index (χ0) is 15.2. The van der Waals surface area contributed by atoms with E-state index in [4.69, 9.17) is 16.7 Å². The van der Waals surface area contributed by atoms with E-state index in [0.717, 1.165) is 0 Å². The molecule has 4 nitrogen and oxygen atoms in total. The highest BCUT2D eigenvalue weighted by Crippen LogP contribution is 2.28. The van der Waals surface area contributed by atoms with Crippen LogP contribution in [-0.2, 0) is 4.79 Å². The SMILES string of the molecule is O=C(O)CC(N=Cc1ccccc1O)c1ccccc1Cl. The molecule has 2 N–H and O–H groups in total. The van der Waals surface area contributed by atoms with Gasteiger partial charge in [0.25, 0.3) is 0 Å². The molecule has 0 amide bonds. The number of phenolic OH excluding ortho intramolecular Hbond substituents is 1. The van der Waals surface area contributed by atoms with Crippen LogP contribution in [0.3, 0.4) is 0 Å². The van der Waals surface area contributed by atoms with Crippen molar-refractivity contribution in [2.45, 2.75) is 12.5 Å². The van der Waals surface area contributed by atoms with E-state index in [9.17, 15) is 9.90 Å². The third-order valence-electron chi connectivity index (χ3n) is 2.96. The molecular formula is C16H14ClNO3. The van der Waals surface area contributed by atoms with E-state index in [1.165, 1.54) is 6.21 Å². The molecule has 0 saturated carbocycles. The van der Waals surface area contributed by atoms with Crippen LogP contribution in [0.15, 0.2) is 53.5 Å². The van der Waals surface area contributed by atoms with E-state index in [2.05, 4.69) is 4.99 Å². The quantitative estimate of drug-likeness (QED) is 0.828. The maximum atomic E-state index is 11.0. The lowest BCUT2D eigenvalue weighted by atomic mass is 10.0. The van der Waals surface area contributed by atoms with Crippen LogP contribution in [0, 0.1) is 0 Å². The van der Waals surface area contributed by atoms with Crippen molar-refractivity contribution in [2.75, 3.05) is 0 Å². The van der Waals surface area contributed by atoms with Crippen LogP contribution in [0.2, 0.25) is 5.02 Å². The van der Waals surface area contributed by atoms with Gasteiger partial charge in [-0.05, 0) is 23.8 Å². The molecule has 21 heavy (non-hydrogen) atoms. The summed E-state index contributed by atoms with van der Waals surface area (Å²) in [6, 6.07) is 13.1. The van der Waals surface area contributed by atoms with Gasteiger partial charge < -0.3 is 10.2 Å². The fourth-order valence-electron chi connectivity index (χ4n) is 1.92. The molecule has 2 aromatic carbocycles. The minimum atomic E-state index is -0.964. The zero-order valence-corrected chi connectivity index (χ0v) is 11.9. The van der Waals surface area contributed by atoms with E-state index in [1.54, 1.807) is 48.5 Å². The van der Waals surface area contributed by atoms with E-state index >= 15 is 0 Å². The number of benzene rings is 2. The maximum absolute atomic E-state index is 11.0. The van der Waals surface area contributed by atoms with Crippen LogP contribution in [0.25, 0.3) is 0 Å². The van der Waals surface area contributed by atoms with Gasteiger partial charge in [0.1, 0.15) is 5.75 Å². The molecule has 0 aliphatic rings. The summed E-state index contributed by atoms with van der Waals surface area (Å²) in [5, 5.41) is 19.2. The summed E-state index contributed by atoms with van der Waals surface area (Å²) in [7, 11) is 0. The molecule has 108 valence electrons. The van der Waals surface area contributed by atoms with Crippen LogP contribution < -0.4 is 0 Å². The molecule has 5 heteroatoms. The van der Waals surface area contributed by atoms with Crippen molar-refractivity contribution in [3.05, 3.63) is 64.7 Å². The first-order valence-electron chi connectivity index (χ1n) is 6.35. The standard InChI is InChI=1S/C16H14ClNO3/c17-13-7-3-2-6-12(13)14(9-16(20)21)18-10-11-5-1-4-8-15(11)19/h1-8,10,14,19H,9H2,(H,20,21). The number of hydrogen-bond donors (Lipinski definition) is 2. The Bertz CT molecular complexity index is 670. The molecule has 1 atom stereocenters. The number of aliphatic carboxylic acids is 1. The molecule has 2 aromatic rings. The summed E-state index contributed by atoms with van der Waals surface area (Å²) in [5.41, 5.74) is 1.17. The topological polar surface area (TPSA) is 69.9 Å². The van der Waals surface area contributed by atoms with Gasteiger partial charge in [0.05, 0.1) is 12.5 Å². The molecule has 0 fully saturated rings. The largest absolute Gasteiger partial charge is 0.507 e. The second kappa shape index (κ2) is 6.90. The number of carbonyl (C=O) groups is 1. The van der Waals surface area contributed by atoms with Crippen molar-refractivity contribution in [1.29, 1.82) is 0 Å². The smallest absolute Gasteiger partial charge is 0.305 e. The summed E-state index contributed by atoms with van der Waals surface area (Å²) in [6.45, 7) is 0. The molecular weight excluding hydrogens is 290 g/mol. The third kappa shape index (κ3) is 4.07. The van der Waals surface area contributed by atoms with Crippen molar-refractivity contribution >= 4 is 23.8 Å². The second-order valence-electron chi connectivity index (χ2n) is 4.47. The van der Waals surface area contributed by atoms with Crippen LogP contribution in [0.1, 0.15) is 23.6 Å². The Hall–Kier alpha value is -2.33. The number of aromatic hydroxyl groups is 1. The number of halogens is 1. The summed E-state index contributed by atoms with van der Waals surface area (Å²) in [4.78, 5) is 15.3. The average Bonchev–Trinajstić information content (AvgIpc) is 2.45. The monoisotopic (exact) mass is 303 g/mol. The summed E-state index contributed by atoms with van der Waals surface area (Å²) >= 11 is 6.10. The fraction of sp³-hybridized carbons (Fsp3) is 0.125. The molecule has 0 aromatic heterocycles. The fourth-order valence-corrected chi connectivity index (χ4v) is 2.18. The molecule has 0 bridgehead atoms. The Morgan fingerprint density at radius 2 is 1.86 bits per heavy atom. The average molecular weight is 304 g/mol. The van der Waals surface area contributed by atoms with Crippen molar-refractivity contribution < 1.29 is 15.0 Å². The number of carboxylic acid groups (broad SMARTS) is 1. The summed E-state index contributed by atoms with van der Waals surface area (Å²) in [6.07, 6.45) is 1.29. The highest BCUT2D eigenvalue weighted by molar-refractivity contribution is 6.31. The van der Waals surface area contributed by atoms with Gasteiger partial charge in [-0.3, -0.25) is 9.79 Å². The molecule has 0 aliphatic carbocycles. The molecule has 0 aliphatic heterocycles. The lowest BCUT2D eigenvalue weighted by molar-refractivity contribution is -0.137. The zero-order valence-electron chi connectivity index (χ0n) is 11.1. The van der Waals surface area contributed by atoms with Crippen LogP contribution in [0.4, 0.5) is 0 Å². The highest BCUT2D eigenvalue weighted by atomic mass is 35.5. The Balaban J connectivity index is 2.31. The first-order chi connectivity index (χ1) is 10.1. The molecule has 0 radical (unpaired) electrons. The third-order valence-corrected chi connectivity index (χ3v) is 3.31. The number of phenols is 1. The molecule has 0 saturated heterocycles. The van der Waals surface area contributed by atoms with Gasteiger partial charge in [-0.25, -0.2) is 0 Å². The van der Waals surface area contributed by atoms with Crippen molar-refractivity contribution in [3.63, 3.8) is 0 Å². The highest BCUT2D eigenvalue weighted by Gasteiger charge is 2.16. The van der Waals surface area contributed by atoms with Crippen molar-refractivity contribution in [2.24, 2.45) is 4.99 Å². The maximum Gasteiger partial charge on any atom is 0.305 e. The summed E-state index contributed by atoms with van der Waals surface area (Å²) < 4.78 is 0. The second-order valence-corrected chi connectivity index (χ2v) is 4.88. The predicted molar refractivity (Wildman–Crippen MR) is 82.1 cm³/mol. The van der Waals surface area contributed by atoms with E-state index in [1.807, 2.05) is 0 Å². The molecule has 1 unspecified atom stereocenters. The number of carboxylic acids is 1. The van der Waals surface area contributed by atoms with Gasteiger partial charge in [-0.1, -0.05) is 41.9 Å². The van der Waals surface area contributed by atoms with Gasteiger partial charge >= 0.3 is 5.97 Å². The van der Waals surface area contributed by atoms with Crippen molar-refractivity contribution in [1.82, 2.24) is 0 Å². The molecule has 0 heterocycles. The van der Waals surface area contributed by atoms with Gasteiger partial charge in [-0.15, -0.1) is 0 Å². The van der Waals surface area contributed by atoms with E-state index in [-0.39, 0.29) is 12.2 Å². The van der Waals surface area contributed by atoms with Gasteiger partial charge in [0, 0.05) is 16.8 Å². The Morgan fingerprint density at radius 1 is 1.19 bits per heavy atom. The Kier molecular flexibility index (Phi) is 4.95. The predicted octanol–water partition coefficient (Wildman–Crippen LogP) is 3.68. The van der Waals surface area contributed by atoms with Crippen LogP contribution >= 0.6 is 11.6 Å². The van der Waals surface area contributed by atoms with Crippen LogP contribution in [-0.4, -0.2) is 22.4 Å². The first-order valence-corrected chi connectivity index (χ1v) is 6.73. The molecule has 2 rings (SSSR count). The van der Waals surface area contributed by atoms with Gasteiger partial charge in [0.15, 0.2) is 0 Å². The molecule has 0 spiro atoms. The number of rotatable bonds is 5. The first kappa shape index (κ1) is 15.1. The van der Waals surface area contributed by atoms with E-state index in [0.29, 0.717) is 16.1 Å². The van der Waals surface area contributed by atoms with Crippen LogP contribution in [0.5, 0.6) is 5.75 Å². The van der Waals surface area contributed by atoms with Gasteiger partial charge in [0.2, 0.25) is 0 Å². The van der Waals surface area contributed by atoms with Gasteiger partial charge in [-0.2, -0.15) is 0 Å². The lowest BCUT2D eigenvalue weighted by Crippen LogP contribution is -2.05. The minimum absolute atomic E-state index is 0.0921. The number of hydrogen-bond acceptors (Lipinski definition) is 3. The summed E-state index contributed by atoms with van der Waals surface area (Å²) in [5.74, 6) is -0.871. The Labute approximate surface area is 127 Å².